The first-order valence-electron chi connectivity index (χ1n) is 9.31. The number of amides is 2. The van der Waals surface area contributed by atoms with Gasteiger partial charge in [-0.25, -0.2) is 4.98 Å². The zero-order valence-corrected chi connectivity index (χ0v) is 16.6. The van der Waals surface area contributed by atoms with Crippen molar-refractivity contribution in [3.8, 4) is 0 Å². The molecule has 1 aromatic carbocycles. The minimum Gasteiger partial charge on any atom is -0.345 e. The summed E-state index contributed by atoms with van der Waals surface area (Å²) in [7, 11) is 0. The maximum absolute atomic E-state index is 13.0. The van der Waals surface area contributed by atoms with Crippen LogP contribution in [0.2, 0.25) is 0 Å². The Morgan fingerprint density at radius 3 is 2.44 bits per heavy atom. The van der Waals surface area contributed by atoms with Crippen LogP contribution in [0.25, 0.3) is 0 Å². The van der Waals surface area contributed by atoms with Crippen molar-refractivity contribution in [1.82, 2.24) is 15.2 Å². The van der Waals surface area contributed by atoms with Crippen molar-refractivity contribution in [2.75, 3.05) is 31.1 Å². The highest BCUT2D eigenvalue weighted by Crippen LogP contribution is 2.19. The fourth-order valence-electron chi connectivity index (χ4n) is 3.21. The number of anilines is 1. The third-order valence-corrected chi connectivity index (χ3v) is 5.57. The number of rotatable bonds is 6. The van der Waals surface area contributed by atoms with Crippen LogP contribution < -0.4 is 10.2 Å². The number of hydrogen-bond acceptors (Lipinski definition) is 5. The summed E-state index contributed by atoms with van der Waals surface area (Å²) in [6.07, 6.45) is 2.09. The fraction of sp³-hybridized carbons (Fsp3) is 0.450. The molecule has 144 valence electrons. The van der Waals surface area contributed by atoms with Crippen molar-refractivity contribution >= 4 is 28.3 Å². The van der Waals surface area contributed by atoms with Crippen LogP contribution in [0, 0.1) is 5.92 Å². The van der Waals surface area contributed by atoms with E-state index >= 15 is 0 Å². The molecule has 2 heterocycles. The molecule has 0 spiro atoms. The summed E-state index contributed by atoms with van der Waals surface area (Å²) in [5.74, 6) is -0.0749. The molecular formula is C20H26N4O2S. The van der Waals surface area contributed by atoms with Crippen LogP contribution in [0.4, 0.5) is 5.13 Å². The van der Waals surface area contributed by atoms with Crippen molar-refractivity contribution in [3.63, 3.8) is 0 Å². The lowest BCUT2D eigenvalue weighted by molar-refractivity contribution is -0.137. The van der Waals surface area contributed by atoms with Gasteiger partial charge in [0.15, 0.2) is 5.13 Å². The lowest BCUT2D eigenvalue weighted by Crippen LogP contribution is -2.56. The molecule has 27 heavy (non-hydrogen) atoms. The lowest BCUT2D eigenvalue weighted by atomic mass is 10.0. The van der Waals surface area contributed by atoms with Crippen LogP contribution >= 0.6 is 11.3 Å². The van der Waals surface area contributed by atoms with E-state index in [1.807, 2.05) is 54.5 Å². The van der Waals surface area contributed by atoms with Gasteiger partial charge >= 0.3 is 0 Å². The summed E-state index contributed by atoms with van der Waals surface area (Å²) in [4.78, 5) is 33.8. The Morgan fingerprint density at radius 2 is 1.85 bits per heavy atom. The molecule has 1 saturated heterocycles. The van der Waals surface area contributed by atoms with Crippen LogP contribution in [-0.2, 0) is 16.0 Å². The number of nitrogens with zero attached hydrogens (tertiary/aromatic N) is 3. The third kappa shape index (κ3) is 5.07. The van der Waals surface area contributed by atoms with E-state index in [2.05, 4.69) is 15.2 Å². The number of nitrogens with one attached hydrogen (secondary N) is 1. The van der Waals surface area contributed by atoms with Gasteiger partial charge in [0.05, 0.1) is 6.42 Å². The molecule has 0 radical (unpaired) electrons. The number of thiazole rings is 1. The van der Waals surface area contributed by atoms with Crippen LogP contribution in [0.15, 0.2) is 41.9 Å². The second-order valence-corrected chi connectivity index (χ2v) is 7.95. The number of benzene rings is 1. The van der Waals surface area contributed by atoms with Gasteiger partial charge in [0.25, 0.3) is 0 Å². The maximum Gasteiger partial charge on any atom is 0.245 e. The molecule has 1 fully saturated rings. The van der Waals surface area contributed by atoms with E-state index in [0.717, 1.165) is 23.8 Å². The summed E-state index contributed by atoms with van der Waals surface area (Å²) in [5, 5.41) is 5.91. The molecule has 0 saturated carbocycles. The summed E-state index contributed by atoms with van der Waals surface area (Å²) in [6.45, 7) is 6.77. The van der Waals surface area contributed by atoms with Crippen molar-refractivity contribution in [3.05, 3.63) is 47.5 Å². The van der Waals surface area contributed by atoms with E-state index in [9.17, 15) is 9.59 Å². The van der Waals surface area contributed by atoms with Crippen molar-refractivity contribution in [2.24, 2.45) is 5.92 Å². The van der Waals surface area contributed by atoms with E-state index in [1.54, 1.807) is 17.5 Å². The van der Waals surface area contributed by atoms with Crippen LogP contribution in [0.3, 0.4) is 0 Å². The topological polar surface area (TPSA) is 65.5 Å². The minimum absolute atomic E-state index is 0.00482. The van der Waals surface area contributed by atoms with E-state index in [0.29, 0.717) is 13.1 Å². The minimum atomic E-state index is -0.493. The molecule has 6 nitrogen and oxygen atoms in total. The third-order valence-electron chi connectivity index (χ3n) is 4.74. The van der Waals surface area contributed by atoms with Gasteiger partial charge in [-0.15, -0.1) is 11.3 Å². The van der Waals surface area contributed by atoms with E-state index < -0.39 is 6.04 Å². The van der Waals surface area contributed by atoms with Crippen molar-refractivity contribution in [2.45, 2.75) is 26.3 Å². The van der Waals surface area contributed by atoms with Crippen LogP contribution in [0.5, 0.6) is 0 Å². The van der Waals surface area contributed by atoms with Gasteiger partial charge in [0.1, 0.15) is 6.04 Å². The maximum atomic E-state index is 13.0. The number of carbonyl (C=O) groups excluding carboxylic acids is 2. The van der Waals surface area contributed by atoms with Crippen LogP contribution in [0.1, 0.15) is 19.4 Å². The summed E-state index contributed by atoms with van der Waals surface area (Å²) >= 11 is 1.61. The predicted molar refractivity (Wildman–Crippen MR) is 108 cm³/mol. The molecule has 1 atom stereocenters. The number of aromatic nitrogens is 1. The fourth-order valence-corrected chi connectivity index (χ4v) is 3.90. The summed E-state index contributed by atoms with van der Waals surface area (Å²) in [6, 6.07) is 9.10. The highest BCUT2D eigenvalue weighted by atomic mass is 32.1. The molecule has 7 heteroatoms. The molecule has 3 rings (SSSR count). The second-order valence-electron chi connectivity index (χ2n) is 7.08. The summed E-state index contributed by atoms with van der Waals surface area (Å²) < 4.78 is 0. The van der Waals surface area contributed by atoms with Gasteiger partial charge < -0.3 is 15.1 Å². The molecule has 1 aliphatic rings. The van der Waals surface area contributed by atoms with Gasteiger partial charge in [-0.05, 0) is 11.5 Å². The molecule has 0 aliphatic carbocycles. The van der Waals surface area contributed by atoms with Gasteiger partial charge in [0.2, 0.25) is 11.8 Å². The van der Waals surface area contributed by atoms with Gasteiger partial charge in [0, 0.05) is 37.8 Å². The molecule has 0 bridgehead atoms. The zero-order chi connectivity index (χ0) is 19.2. The smallest absolute Gasteiger partial charge is 0.245 e. The SMILES string of the molecule is CC(C)C(NC(=O)Cc1ccccc1)C(=O)N1CCN(c2nccs2)CC1. The predicted octanol–water partition coefficient (Wildman–Crippen LogP) is 2.18. The average molecular weight is 387 g/mol. The molecule has 1 N–H and O–H groups in total. The monoisotopic (exact) mass is 386 g/mol. The molecular weight excluding hydrogens is 360 g/mol. The van der Waals surface area contributed by atoms with Crippen molar-refractivity contribution < 1.29 is 9.59 Å². The van der Waals surface area contributed by atoms with Crippen LogP contribution in [-0.4, -0.2) is 53.9 Å². The lowest BCUT2D eigenvalue weighted by Gasteiger charge is -2.37. The Morgan fingerprint density at radius 1 is 1.15 bits per heavy atom. The van der Waals surface area contributed by atoms with Gasteiger partial charge in [-0.3, -0.25) is 9.59 Å². The summed E-state index contributed by atoms with van der Waals surface area (Å²) in [5.41, 5.74) is 0.946. The van der Waals surface area contributed by atoms with E-state index in [4.69, 9.17) is 0 Å². The van der Waals surface area contributed by atoms with Gasteiger partial charge in [-0.2, -0.15) is 0 Å². The number of hydrogen-bond donors (Lipinski definition) is 1. The average Bonchev–Trinajstić information content (AvgIpc) is 3.21. The molecule has 1 aromatic heterocycles. The Bertz CT molecular complexity index is 741. The first kappa shape index (κ1) is 19.4. The quantitative estimate of drug-likeness (QED) is 0.826. The second kappa shape index (κ2) is 8.99. The molecule has 2 aromatic rings. The highest BCUT2D eigenvalue weighted by Gasteiger charge is 2.31. The Labute approximate surface area is 164 Å². The first-order valence-corrected chi connectivity index (χ1v) is 10.2. The van der Waals surface area contributed by atoms with E-state index in [1.165, 1.54) is 0 Å². The number of piperazine rings is 1. The van der Waals surface area contributed by atoms with Gasteiger partial charge in [-0.1, -0.05) is 44.2 Å². The zero-order valence-electron chi connectivity index (χ0n) is 15.8. The normalized spacial score (nSPS) is 15.7. The number of carbonyl (C=O) groups is 2. The van der Waals surface area contributed by atoms with E-state index in [-0.39, 0.29) is 24.2 Å². The Kier molecular flexibility index (Phi) is 6.45. The largest absolute Gasteiger partial charge is 0.345 e. The molecule has 2 amide bonds. The first-order chi connectivity index (χ1) is 13.0. The highest BCUT2D eigenvalue weighted by molar-refractivity contribution is 7.13. The molecule has 1 unspecified atom stereocenters. The van der Waals surface area contributed by atoms with Crippen molar-refractivity contribution in [1.29, 1.82) is 0 Å². The Hall–Kier alpha value is -2.41. The molecule has 1 aliphatic heterocycles. The standard InChI is InChI=1S/C20H26N4O2S/c1-15(2)18(22-17(25)14-16-6-4-3-5-7-16)19(26)23-9-11-24(12-10-23)20-21-8-13-27-20/h3-8,13,15,18H,9-12,14H2,1-2H3,(H,22,25). The Balaban J connectivity index is 1.56.